The van der Waals surface area contributed by atoms with Gasteiger partial charge < -0.3 is 10.2 Å². The molecular weight excluding hydrogens is 244 g/mol. The molecule has 1 N–H and O–H groups in total. The van der Waals surface area contributed by atoms with Crippen molar-refractivity contribution in [3.63, 3.8) is 0 Å². The number of nitrogens with one attached hydrogen (secondary N) is 1. The number of aryl methyl sites for hydroxylation is 1. The minimum Gasteiger partial charge on any atom is -0.371 e. The van der Waals surface area contributed by atoms with Crippen LogP contribution in [0, 0.1) is 5.92 Å². The van der Waals surface area contributed by atoms with E-state index in [-0.39, 0.29) is 12.4 Å². The van der Waals surface area contributed by atoms with Crippen LogP contribution in [0.1, 0.15) is 24.8 Å². The van der Waals surface area contributed by atoms with E-state index in [2.05, 4.69) is 34.5 Å². The van der Waals surface area contributed by atoms with Crippen LogP contribution >= 0.6 is 12.4 Å². The fourth-order valence-electron chi connectivity index (χ4n) is 3.19. The van der Waals surface area contributed by atoms with Crippen molar-refractivity contribution >= 4 is 18.1 Å². The van der Waals surface area contributed by atoms with Crippen LogP contribution in [0.3, 0.4) is 0 Å². The van der Waals surface area contributed by atoms with Gasteiger partial charge in [0.2, 0.25) is 0 Å². The molecule has 0 saturated carbocycles. The fraction of sp³-hybridized carbons (Fsp3) is 0.600. The third-order valence-corrected chi connectivity index (χ3v) is 4.08. The third-order valence-electron chi connectivity index (χ3n) is 4.08. The van der Waals surface area contributed by atoms with Gasteiger partial charge in [-0.1, -0.05) is 18.2 Å². The number of benzene rings is 1. The molecule has 0 aromatic heterocycles. The molecule has 0 aliphatic carbocycles. The Balaban J connectivity index is 0.00000120. The third kappa shape index (κ3) is 2.99. The summed E-state index contributed by atoms with van der Waals surface area (Å²) in [6.45, 7) is 4.91. The van der Waals surface area contributed by atoms with Gasteiger partial charge in [-0.2, -0.15) is 0 Å². The van der Waals surface area contributed by atoms with E-state index in [4.69, 9.17) is 0 Å². The molecule has 1 unspecified atom stereocenters. The van der Waals surface area contributed by atoms with Crippen LogP contribution < -0.4 is 10.2 Å². The lowest BCUT2D eigenvalue weighted by atomic mass is 9.96. The summed E-state index contributed by atoms with van der Waals surface area (Å²) in [5.74, 6) is 0.843. The predicted molar refractivity (Wildman–Crippen MR) is 79.8 cm³/mol. The molecule has 3 heteroatoms. The average Bonchev–Trinajstić information content (AvgIpc) is 2.40. The van der Waals surface area contributed by atoms with Crippen LogP contribution in [0.4, 0.5) is 5.69 Å². The van der Waals surface area contributed by atoms with E-state index in [9.17, 15) is 0 Å². The molecule has 0 amide bonds. The van der Waals surface area contributed by atoms with Crippen molar-refractivity contribution in [3.8, 4) is 0 Å². The Morgan fingerprint density at radius 3 is 2.94 bits per heavy atom. The van der Waals surface area contributed by atoms with Gasteiger partial charge in [0, 0.05) is 18.8 Å². The standard InChI is InChI=1S/C15H22N2.ClH/c1-2-8-15-14(6-1)7-4-10-17(15)12-13-5-3-9-16-11-13;/h1-2,6,8,13,16H,3-5,7,9-12H2;1H. The van der Waals surface area contributed by atoms with E-state index >= 15 is 0 Å². The van der Waals surface area contributed by atoms with E-state index in [0.29, 0.717) is 0 Å². The molecule has 1 saturated heterocycles. The molecule has 0 radical (unpaired) electrons. The van der Waals surface area contributed by atoms with Crippen LogP contribution in [0.15, 0.2) is 24.3 Å². The highest BCUT2D eigenvalue weighted by Crippen LogP contribution is 2.28. The van der Waals surface area contributed by atoms with Gasteiger partial charge in [-0.25, -0.2) is 0 Å². The Labute approximate surface area is 116 Å². The van der Waals surface area contributed by atoms with Crippen LogP contribution in [0.2, 0.25) is 0 Å². The Bertz CT molecular complexity index is 375. The number of hydrogen-bond acceptors (Lipinski definition) is 2. The lowest BCUT2D eigenvalue weighted by Crippen LogP contribution is -2.40. The van der Waals surface area contributed by atoms with E-state index in [1.807, 2.05) is 0 Å². The van der Waals surface area contributed by atoms with Gasteiger partial charge in [0.15, 0.2) is 0 Å². The molecule has 1 aromatic rings. The summed E-state index contributed by atoms with van der Waals surface area (Å²) in [7, 11) is 0. The summed E-state index contributed by atoms with van der Waals surface area (Å²) in [4.78, 5) is 2.61. The lowest BCUT2D eigenvalue weighted by Gasteiger charge is -2.35. The molecule has 2 heterocycles. The summed E-state index contributed by atoms with van der Waals surface area (Å²) in [6.07, 6.45) is 5.32. The maximum atomic E-state index is 3.52. The van der Waals surface area contributed by atoms with Crippen molar-refractivity contribution in [2.24, 2.45) is 5.92 Å². The molecule has 100 valence electrons. The van der Waals surface area contributed by atoms with Crippen LogP contribution in [-0.4, -0.2) is 26.2 Å². The molecular formula is C15H23ClN2. The average molecular weight is 267 g/mol. The van der Waals surface area contributed by atoms with Gasteiger partial charge in [0.05, 0.1) is 0 Å². The van der Waals surface area contributed by atoms with Gasteiger partial charge in [0.1, 0.15) is 0 Å². The van der Waals surface area contributed by atoms with E-state index in [1.54, 1.807) is 5.56 Å². The van der Waals surface area contributed by atoms with Crippen molar-refractivity contribution in [2.45, 2.75) is 25.7 Å². The number of nitrogens with zero attached hydrogens (tertiary/aromatic N) is 1. The molecule has 2 nitrogen and oxygen atoms in total. The number of halogens is 1. The molecule has 0 spiro atoms. The predicted octanol–water partition coefficient (Wildman–Crippen LogP) is 2.86. The second kappa shape index (κ2) is 6.44. The highest BCUT2D eigenvalue weighted by Gasteiger charge is 2.21. The number of piperidine rings is 1. The maximum absolute atomic E-state index is 3.52. The Hall–Kier alpha value is -0.730. The SMILES string of the molecule is Cl.c1ccc2c(c1)CCCN2CC1CCCNC1. The number of anilines is 1. The van der Waals surface area contributed by atoms with Gasteiger partial charge in [-0.05, 0) is 56.3 Å². The summed E-state index contributed by atoms with van der Waals surface area (Å²) in [5, 5.41) is 3.52. The summed E-state index contributed by atoms with van der Waals surface area (Å²) in [5.41, 5.74) is 3.03. The second-order valence-corrected chi connectivity index (χ2v) is 5.39. The summed E-state index contributed by atoms with van der Waals surface area (Å²) in [6, 6.07) is 8.94. The fourth-order valence-corrected chi connectivity index (χ4v) is 3.19. The smallest absolute Gasteiger partial charge is 0.0398 e. The highest BCUT2D eigenvalue weighted by molar-refractivity contribution is 5.85. The molecule has 1 atom stereocenters. The van der Waals surface area contributed by atoms with Crippen LogP contribution in [0.25, 0.3) is 0 Å². The van der Waals surface area contributed by atoms with Gasteiger partial charge in [0.25, 0.3) is 0 Å². The molecule has 3 rings (SSSR count). The lowest BCUT2D eigenvalue weighted by molar-refractivity contribution is 0.374. The molecule has 1 fully saturated rings. The topological polar surface area (TPSA) is 15.3 Å². The monoisotopic (exact) mass is 266 g/mol. The second-order valence-electron chi connectivity index (χ2n) is 5.39. The molecule has 2 aliphatic rings. The Morgan fingerprint density at radius 1 is 1.22 bits per heavy atom. The minimum absolute atomic E-state index is 0. The van der Waals surface area contributed by atoms with E-state index in [0.717, 1.165) is 5.92 Å². The van der Waals surface area contributed by atoms with Crippen molar-refractivity contribution in [3.05, 3.63) is 29.8 Å². The van der Waals surface area contributed by atoms with E-state index < -0.39 is 0 Å². The van der Waals surface area contributed by atoms with Crippen molar-refractivity contribution in [2.75, 3.05) is 31.1 Å². The number of para-hydroxylation sites is 1. The van der Waals surface area contributed by atoms with Crippen molar-refractivity contribution < 1.29 is 0 Å². The van der Waals surface area contributed by atoms with Crippen molar-refractivity contribution in [1.29, 1.82) is 0 Å². The largest absolute Gasteiger partial charge is 0.371 e. The molecule has 2 aliphatic heterocycles. The first-order valence-corrected chi connectivity index (χ1v) is 6.97. The zero-order valence-electron chi connectivity index (χ0n) is 10.9. The van der Waals surface area contributed by atoms with Crippen molar-refractivity contribution in [1.82, 2.24) is 5.32 Å². The number of hydrogen-bond donors (Lipinski definition) is 1. The Kier molecular flexibility index (Phi) is 4.90. The molecule has 0 bridgehead atoms. The molecule has 18 heavy (non-hydrogen) atoms. The first-order chi connectivity index (χ1) is 8.43. The highest BCUT2D eigenvalue weighted by atomic mass is 35.5. The van der Waals surface area contributed by atoms with Gasteiger partial charge >= 0.3 is 0 Å². The zero-order valence-corrected chi connectivity index (χ0v) is 11.7. The number of fused-ring (bicyclic) bond motifs is 1. The quantitative estimate of drug-likeness (QED) is 0.886. The van der Waals surface area contributed by atoms with Crippen LogP contribution in [-0.2, 0) is 6.42 Å². The van der Waals surface area contributed by atoms with Gasteiger partial charge in [-0.3, -0.25) is 0 Å². The first kappa shape index (κ1) is 13.7. The summed E-state index contributed by atoms with van der Waals surface area (Å²) >= 11 is 0. The normalized spacial score (nSPS) is 23.1. The summed E-state index contributed by atoms with van der Waals surface area (Å²) < 4.78 is 0. The maximum Gasteiger partial charge on any atom is 0.0398 e. The minimum atomic E-state index is 0. The van der Waals surface area contributed by atoms with E-state index in [1.165, 1.54) is 57.5 Å². The Morgan fingerprint density at radius 2 is 2.11 bits per heavy atom. The van der Waals surface area contributed by atoms with Gasteiger partial charge in [-0.15, -0.1) is 12.4 Å². The van der Waals surface area contributed by atoms with Crippen LogP contribution in [0.5, 0.6) is 0 Å². The zero-order chi connectivity index (χ0) is 11.5. The molecule has 1 aromatic carbocycles. The first-order valence-electron chi connectivity index (χ1n) is 6.97. The number of rotatable bonds is 2.